The van der Waals surface area contributed by atoms with Crippen LogP contribution in [0.4, 0.5) is 0 Å². The fourth-order valence-electron chi connectivity index (χ4n) is 2.10. The third-order valence-electron chi connectivity index (χ3n) is 2.88. The highest BCUT2D eigenvalue weighted by molar-refractivity contribution is 5.21. The minimum atomic E-state index is -0.566. The fraction of sp³-hybridized carbons (Fsp3) is 0.556. The monoisotopic (exact) mass is 166 g/mol. The molecule has 1 N–H and O–H groups in total. The summed E-state index contributed by atoms with van der Waals surface area (Å²) in [5, 5.41) is 9.44. The van der Waals surface area contributed by atoms with E-state index in [9.17, 15) is 5.11 Å². The number of hydrogen-bond acceptors (Lipinski definition) is 3. The summed E-state index contributed by atoms with van der Waals surface area (Å²) >= 11 is 0. The molecule has 0 saturated heterocycles. The Morgan fingerprint density at radius 3 is 2.83 bits per heavy atom. The van der Waals surface area contributed by atoms with Gasteiger partial charge in [-0.2, -0.15) is 0 Å². The highest BCUT2D eigenvalue weighted by atomic mass is 16.7. The number of rotatable bonds is 0. The SMILES string of the molecule is OC1C=CC2(OC=CO2)C2CC12. The molecule has 3 aliphatic rings. The number of aliphatic hydroxyl groups is 1. The second-order valence-corrected chi connectivity index (χ2v) is 3.59. The largest absolute Gasteiger partial charge is 0.453 e. The van der Waals surface area contributed by atoms with Gasteiger partial charge in [0.05, 0.1) is 6.10 Å². The fourth-order valence-corrected chi connectivity index (χ4v) is 2.10. The molecule has 3 rings (SSSR count). The van der Waals surface area contributed by atoms with Crippen molar-refractivity contribution in [3.05, 3.63) is 24.7 Å². The van der Waals surface area contributed by atoms with E-state index < -0.39 is 5.79 Å². The van der Waals surface area contributed by atoms with E-state index >= 15 is 0 Å². The van der Waals surface area contributed by atoms with Gasteiger partial charge in [0.25, 0.3) is 5.79 Å². The van der Waals surface area contributed by atoms with Gasteiger partial charge in [0.15, 0.2) is 0 Å². The predicted octanol–water partition coefficient (Wildman–Crippen LogP) is 0.767. The summed E-state index contributed by atoms with van der Waals surface area (Å²) in [5.74, 6) is 0.117. The van der Waals surface area contributed by atoms with Gasteiger partial charge >= 0.3 is 0 Å². The van der Waals surface area contributed by atoms with Crippen molar-refractivity contribution < 1.29 is 14.6 Å². The average molecular weight is 166 g/mol. The second kappa shape index (κ2) is 1.85. The zero-order valence-corrected chi connectivity index (χ0v) is 6.51. The van der Waals surface area contributed by atoms with Crippen molar-refractivity contribution in [2.24, 2.45) is 11.8 Å². The van der Waals surface area contributed by atoms with Crippen molar-refractivity contribution in [3.63, 3.8) is 0 Å². The summed E-state index contributed by atoms with van der Waals surface area (Å²) in [6.45, 7) is 0. The Bertz CT molecular complexity index is 261. The molecule has 0 radical (unpaired) electrons. The van der Waals surface area contributed by atoms with E-state index in [2.05, 4.69) is 0 Å². The van der Waals surface area contributed by atoms with Crippen LogP contribution in [-0.2, 0) is 9.47 Å². The van der Waals surface area contributed by atoms with E-state index in [0.717, 1.165) is 6.42 Å². The van der Waals surface area contributed by atoms with Gasteiger partial charge in [-0.3, -0.25) is 0 Å². The van der Waals surface area contributed by atoms with Crippen LogP contribution in [0.25, 0.3) is 0 Å². The van der Waals surface area contributed by atoms with E-state index in [0.29, 0.717) is 11.8 Å². The Kier molecular flexibility index (Phi) is 1.01. The normalized spacial score (nSPS) is 45.2. The van der Waals surface area contributed by atoms with Gasteiger partial charge < -0.3 is 14.6 Å². The minimum absolute atomic E-state index is 0.298. The molecule has 1 aliphatic heterocycles. The summed E-state index contributed by atoms with van der Waals surface area (Å²) in [6.07, 6.45) is 7.42. The van der Waals surface area contributed by atoms with Crippen LogP contribution in [0.3, 0.4) is 0 Å². The molecule has 1 fully saturated rings. The molecule has 1 saturated carbocycles. The molecule has 0 aromatic rings. The first kappa shape index (κ1) is 6.54. The topological polar surface area (TPSA) is 38.7 Å². The van der Waals surface area contributed by atoms with Crippen LogP contribution < -0.4 is 0 Å². The van der Waals surface area contributed by atoms with Gasteiger partial charge in [0.2, 0.25) is 0 Å². The summed E-state index contributed by atoms with van der Waals surface area (Å²) in [7, 11) is 0. The van der Waals surface area contributed by atoms with Gasteiger partial charge in [0.1, 0.15) is 12.5 Å². The number of ether oxygens (including phenoxy) is 2. The first-order chi connectivity index (χ1) is 5.82. The van der Waals surface area contributed by atoms with Crippen molar-refractivity contribution in [1.82, 2.24) is 0 Å². The Morgan fingerprint density at radius 1 is 1.33 bits per heavy atom. The van der Waals surface area contributed by atoms with E-state index in [-0.39, 0.29) is 6.10 Å². The molecule has 0 bridgehead atoms. The van der Waals surface area contributed by atoms with Gasteiger partial charge in [-0.15, -0.1) is 0 Å². The molecule has 3 unspecified atom stereocenters. The van der Waals surface area contributed by atoms with Gasteiger partial charge in [-0.05, 0) is 18.4 Å². The van der Waals surface area contributed by atoms with Crippen molar-refractivity contribution in [3.8, 4) is 0 Å². The van der Waals surface area contributed by atoms with E-state index in [1.165, 1.54) is 0 Å². The number of aliphatic hydroxyl groups excluding tert-OH is 1. The van der Waals surface area contributed by atoms with Crippen LogP contribution in [0.15, 0.2) is 24.7 Å². The molecule has 0 aromatic carbocycles. The maximum Gasteiger partial charge on any atom is 0.273 e. The lowest BCUT2D eigenvalue weighted by atomic mass is 10.00. The van der Waals surface area contributed by atoms with E-state index in [1.54, 1.807) is 18.6 Å². The second-order valence-electron chi connectivity index (χ2n) is 3.59. The Morgan fingerprint density at radius 2 is 2.08 bits per heavy atom. The van der Waals surface area contributed by atoms with E-state index in [4.69, 9.17) is 9.47 Å². The molecule has 3 atom stereocenters. The molecular formula is C9H10O3. The highest BCUT2D eigenvalue weighted by Gasteiger charge is 2.60. The van der Waals surface area contributed by atoms with Crippen molar-refractivity contribution in [2.45, 2.75) is 18.3 Å². The Hall–Kier alpha value is -0.960. The van der Waals surface area contributed by atoms with Gasteiger partial charge in [-0.1, -0.05) is 6.08 Å². The molecule has 0 amide bonds. The first-order valence-electron chi connectivity index (χ1n) is 4.20. The van der Waals surface area contributed by atoms with Crippen LogP contribution in [0, 0.1) is 11.8 Å². The summed E-state index contributed by atoms with van der Waals surface area (Å²) in [6, 6.07) is 0. The molecule has 3 nitrogen and oxygen atoms in total. The van der Waals surface area contributed by atoms with Crippen molar-refractivity contribution in [1.29, 1.82) is 0 Å². The van der Waals surface area contributed by atoms with E-state index in [1.807, 2.05) is 6.08 Å². The maximum absolute atomic E-state index is 9.44. The summed E-state index contributed by atoms with van der Waals surface area (Å²) in [4.78, 5) is 0. The van der Waals surface area contributed by atoms with Gasteiger partial charge in [0, 0.05) is 5.92 Å². The van der Waals surface area contributed by atoms with Crippen molar-refractivity contribution in [2.75, 3.05) is 0 Å². The van der Waals surface area contributed by atoms with Crippen LogP contribution in [0.2, 0.25) is 0 Å². The van der Waals surface area contributed by atoms with Crippen LogP contribution in [0.1, 0.15) is 6.42 Å². The summed E-state index contributed by atoms with van der Waals surface area (Å²) in [5.41, 5.74) is 0. The molecule has 3 heteroatoms. The average Bonchev–Trinajstić information content (AvgIpc) is 2.77. The van der Waals surface area contributed by atoms with Crippen LogP contribution in [-0.4, -0.2) is 17.0 Å². The lowest BCUT2D eigenvalue weighted by molar-refractivity contribution is -0.126. The highest BCUT2D eigenvalue weighted by Crippen LogP contribution is 2.55. The van der Waals surface area contributed by atoms with Gasteiger partial charge in [-0.25, -0.2) is 0 Å². The molecule has 0 aromatic heterocycles. The molecule has 1 spiro atoms. The predicted molar refractivity (Wildman–Crippen MR) is 40.8 cm³/mol. The third kappa shape index (κ3) is 0.648. The molecule has 64 valence electrons. The third-order valence-corrected chi connectivity index (χ3v) is 2.88. The lowest BCUT2D eigenvalue weighted by Gasteiger charge is -2.28. The molecular weight excluding hydrogens is 156 g/mol. The summed E-state index contributed by atoms with van der Waals surface area (Å²) < 4.78 is 10.8. The smallest absolute Gasteiger partial charge is 0.273 e. The molecule has 12 heavy (non-hydrogen) atoms. The first-order valence-corrected chi connectivity index (χ1v) is 4.20. The molecule has 1 heterocycles. The minimum Gasteiger partial charge on any atom is -0.453 e. The van der Waals surface area contributed by atoms with Crippen molar-refractivity contribution >= 4 is 0 Å². The quantitative estimate of drug-likeness (QED) is 0.540. The number of hydrogen-bond donors (Lipinski definition) is 1. The Labute approximate surface area is 70.3 Å². The lowest BCUT2D eigenvalue weighted by Crippen LogP contribution is -2.35. The maximum atomic E-state index is 9.44. The zero-order chi connectivity index (χ0) is 8.18. The standard InChI is InChI=1S/C9H10O3/c10-8-1-2-9(7-5-6(7)8)11-3-4-12-9/h1-4,6-8,10H,5H2. The number of fused-ring (bicyclic) bond motifs is 2. The Balaban J connectivity index is 1.93. The van der Waals surface area contributed by atoms with Crippen LogP contribution >= 0.6 is 0 Å². The molecule has 2 aliphatic carbocycles. The van der Waals surface area contributed by atoms with Crippen LogP contribution in [0.5, 0.6) is 0 Å². The zero-order valence-electron chi connectivity index (χ0n) is 6.51.